The number of nitrogens with one attached hydrogen (secondary N) is 2. The normalized spacial score (nSPS) is 11.6. The van der Waals surface area contributed by atoms with E-state index in [1.807, 2.05) is 18.2 Å². The summed E-state index contributed by atoms with van der Waals surface area (Å²) >= 11 is 0. The van der Waals surface area contributed by atoms with Gasteiger partial charge in [0.15, 0.2) is 5.96 Å². The van der Waals surface area contributed by atoms with Gasteiger partial charge in [-0.3, -0.25) is 4.99 Å². The number of ether oxygens (including phenoxy) is 1. The first-order valence-corrected chi connectivity index (χ1v) is 8.64. The van der Waals surface area contributed by atoms with E-state index in [9.17, 15) is 0 Å². The molecule has 0 atom stereocenters. The van der Waals surface area contributed by atoms with Gasteiger partial charge in [0, 0.05) is 19.1 Å². The minimum Gasteiger partial charge on any atom is -0.372 e. The van der Waals surface area contributed by atoms with Crippen LogP contribution in [0.15, 0.2) is 59.6 Å². The van der Waals surface area contributed by atoms with Gasteiger partial charge in [-0.1, -0.05) is 54.6 Å². The van der Waals surface area contributed by atoms with Crippen molar-refractivity contribution in [1.82, 2.24) is 10.6 Å². The van der Waals surface area contributed by atoms with Gasteiger partial charge in [-0.25, -0.2) is 0 Å². The van der Waals surface area contributed by atoms with Crippen molar-refractivity contribution in [2.75, 3.05) is 7.05 Å². The molecule has 2 aromatic rings. The van der Waals surface area contributed by atoms with Crippen molar-refractivity contribution in [2.45, 2.75) is 46.1 Å². The highest BCUT2D eigenvalue weighted by atomic mass is 127. The highest BCUT2D eigenvalue weighted by molar-refractivity contribution is 14.0. The number of nitrogens with zero attached hydrogens (tertiary/aromatic N) is 1. The fourth-order valence-corrected chi connectivity index (χ4v) is 2.33. The molecule has 142 valence electrons. The third-order valence-corrected chi connectivity index (χ3v) is 3.58. The third kappa shape index (κ3) is 8.67. The Labute approximate surface area is 174 Å². The molecule has 0 bridgehead atoms. The first-order valence-electron chi connectivity index (χ1n) is 8.64. The average molecular weight is 467 g/mol. The molecule has 5 heteroatoms. The molecule has 0 fully saturated rings. The summed E-state index contributed by atoms with van der Waals surface area (Å²) in [7, 11) is 1.79. The standard InChI is InChI=1S/C21H29N3O.HI/c1-21(2,3)24-20(22-4)23-14-17-10-12-19(13-11-17)16-25-15-18-8-6-5-7-9-18;/h5-13H,14-16H2,1-4H3,(H2,22,23,24);1H. The van der Waals surface area contributed by atoms with Crippen LogP contribution in [0.5, 0.6) is 0 Å². The maximum Gasteiger partial charge on any atom is 0.191 e. The Balaban J connectivity index is 0.00000338. The molecule has 0 unspecified atom stereocenters. The number of guanidine groups is 1. The van der Waals surface area contributed by atoms with E-state index in [4.69, 9.17) is 4.74 Å². The fraction of sp³-hybridized carbons (Fsp3) is 0.381. The highest BCUT2D eigenvalue weighted by Gasteiger charge is 2.11. The van der Waals surface area contributed by atoms with E-state index in [0.717, 1.165) is 12.5 Å². The summed E-state index contributed by atoms with van der Waals surface area (Å²) in [5.74, 6) is 0.808. The second kappa shape index (κ2) is 11.2. The fourth-order valence-electron chi connectivity index (χ4n) is 2.33. The second-order valence-electron chi connectivity index (χ2n) is 7.10. The zero-order chi connectivity index (χ0) is 18.1. The van der Waals surface area contributed by atoms with Crippen molar-refractivity contribution in [3.8, 4) is 0 Å². The van der Waals surface area contributed by atoms with Crippen LogP contribution in [0.3, 0.4) is 0 Å². The zero-order valence-electron chi connectivity index (χ0n) is 16.1. The van der Waals surface area contributed by atoms with Crippen molar-refractivity contribution >= 4 is 29.9 Å². The Morgan fingerprint density at radius 2 is 1.42 bits per heavy atom. The van der Waals surface area contributed by atoms with E-state index in [2.05, 4.69) is 72.8 Å². The van der Waals surface area contributed by atoms with Crippen molar-refractivity contribution in [2.24, 2.45) is 4.99 Å². The molecular weight excluding hydrogens is 437 g/mol. The van der Waals surface area contributed by atoms with E-state index in [0.29, 0.717) is 13.2 Å². The zero-order valence-corrected chi connectivity index (χ0v) is 18.4. The lowest BCUT2D eigenvalue weighted by atomic mass is 10.1. The second-order valence-corrected chi connectivity index (χ2v) is 7.10. The molecular formula is C21H30IN3O. The first kappa shape index (κ1) is 22.4. The van der Waals surface area contributed by atoms with Gasteiger partial charge < -0.3 is 15.4 Å². The van der Waals surface area contributed by atoms with Crippen LogP contribution >= 0.6 is 24.0 Å². The van der Waals surface area contributed by atoms with Crippen LogP contribution in [0.4, 0.5) is 0 Å². The summed E-state index contributed by atoms with van der Waals surface area (Å²) in [6, 6.07) is 18.7. The summed E-state index contributed by atoms with van der Waals surface area (Å²) in [5, 5.41) is 6.68. The molecule has 0 aliphatic carbocycles. The predicted octanol–water partition coefficient (Wildman–Crippen LogP) is 4.48. The predicted molar refractivity (Wildman–Crippen MR) is 120 cm³/mol. The van der Waals surface area contributed by atoms with E-state index in [-0.39, 0.29) is 29.5 Å². The van der Waals surface area contributed by atoms with E-state index < -0.39 is 0 Å². The molecule has 2 aromatic carbocycles. The molecule has 0 aliphatic heterocycles. The van der Waals surface area contributed by atoms with Gasteiger partial charge >= 0.3 is 0 Å². The number of benzene rings is 2. The molecule has 2 N–H and O–H groups in total. The third-order valence-electron chi connectivity index (χ3n) is 3.58. The molecule has 0 saturated heterocycles. The number of hydrogen-bond donors (Lipinski definition) is 2. The highest BCUT2D eigenvalue weighted by Crippen LogP contribution is 2.08. The van der Waals surface area contributed by atoms with Gasteiger partial charge in [0.25, 0.3) is 0 Å². The Morgan fingerprint density at radius 3 is 1.96 bits per heavy atom. The van der Waals surface area contributed by atoms with Gasteiger partial charge in [0.2, 0.25) is 0 Å². The average Bonchev–Trinajstić information content (AvgIpc) is 2.60. The lowest BCUT2D eigenvalue weighted by molar-refractivity contribution is 0.107. The SMILES string of the molecule is CN=C(NCc1ccc(COCc2ccccc2)cc1)NC(C)(C)C.I. The summed E-state index contributed by atoms with van der Waals surface area (Å²) in [5.41, 5.74) is 3.57. The van der Waals surface area contributed by atoms with Crippen molar-refractivity contribution in [3.05, 3.63) is 71.3 Å². The van der Waals surface area contributed by atoms with Gasteiger partial charge in [0.1, 0.15) is 0 Å². The Bertz CT molecular complexity index is 664. The smallest absolute Gasteiger partial charge is 0.191 e. The topological polar surface area (TPSA) is 45.7 Å². The first-order chi connectivity index (χ1) is 12.0. The molecule has 2 rings (SSSR count). The van der Waals surface area contributed by atoms with E-state index in [1.165, 1.54) is 16.7 Å². The van der Waals surface area contributed by atoms with Crippen molar-refractivity contribution < 1.29 is 4.74 Å². The minimum atomic E-state index is -0.0121. The van der Waals surface area contributed by atoms with Gasteiger partial charge in [-0.15, -0.1) is 24.0 Å². The Kier molecular flexibility index (Phi) is 9.65. The van der Waals surface area contributed by atoms with E-state index in [1.54, 1.807) is 7.05 Å². The molecule has 0 aliphatic rings. The van der Waals surface area contributed by atoms with Crippen LogP contribution < -0.4 is 10.6 Å². The molecule has 26 heavy (non-hydrogen) atoms. The molecule has 0 saturated carbocycles. The van der Waals surface area contributed by atoms with Crippen LogP contribution in [0.1, 0.15) is 37.5 Å². The lowest BCUT2D eigenvalue weighted by Crippen LogP contribution is -2.47. The molecule has 0 spiro atoms. The summed E-state index contributed by atoms with van der Waals surface area (Å²) in [6.07, 6.45) is 0. The quantitative estimate of drug-likeness (QED) is 0.374. The largest absolute Gasteiger partial charge is 0.372 e. The van der Waals surface area contributed by atoms with Crippen molar-refractivity contribution in [1.29, 1.82) is 0 Å². The van der Waals surface area contributed by atoms with Crippen LogP contribution in [0.2, 0.25) is 0 Å². The molecule has 0 amide bonds. The minimum absolute atomic E-state index is 0. The number of rotatable bonds is 6. The maximum atomic E-state index is 5.77. The maximum absolute atomic E-state index is 5.77. The van der Waals surface area contributed by atoms with Crippen LogP contribution in [0.25, 0.3) is 0 Å². The Morgan fingerprint density at radius 1 is 0.885 bits per heavy atom. The number of aliphatic imine (C=N–C) groups is 1. The molecule has 4 nitrogen and oxygen atoms in total. The summed E-state index contributed by atoms with van der Waals surface area (Å²) < 4.78 is 5.77. The van der Waals surface area contributed by atoms with Gasteiger partial charge in [-0.05, 0) is 37.5 Å². The molecule has 0 heterocycles. The summed E-state index contributed by atoms with van der Waals surface area (Å²) in [6.45, 7) is 8.34. The monoisotopic (exact) mass is 467 g/mol. The van der Waals surface area contributed by atoms with E-state index >= 15 is 0 Å². The Hall–Kier alpha value is -1.60. The molecule has 0 radical (unpaired) electrons. The van der Waals surface area contributed by atoms with Crippen LogP contribution in [0, 0.1) is 0 Å². The van der Waals surface area contributed by atoms with Crippen LogP contribution in [-0.4, -0.2) is 18.5 Å². The van der Waals surface area contributed by atoms with Crippen molar-refractivity contribution in [3.63, 3.8) is 0 Å². The van der Waals surface area contributed by atoms with Crippen LogP contribution in [-0.2, 0) is 24.5 Å². The number of hydrogen-bond acceptors (Lipinski definition) is 2. The van der Waals surface area contributed by atoms with Gasteiger partial charge in [0.05, 0.1) is 13.2 Å². The van der Waals surface area contributed by atoms with Gasteiger partial charge in [-0.2, -0.15) is 0 Å². The number of halogens is 1. The lowest BCUT2D eigenvalue weighted by Gasteiger charge is -2.23. The summed E-state index contributed by atoms with van der Waals surface area (Å²) in [4.78, 5) is 4.25. The molecule has 0 aromatic heterocycles.